The van der Waals surface area contributed by atoms with Crippen LogP contribution in [0, 0.1) is 0 Å². The van der Waals surface area contributed by atoms with Crippen molar-refractivity contribution in [2.45, 2.75) is 5.41 Å². The highest BCUT2D eigenvalue weighted by Gasteiger charge is 2.49. The van der Waals surface area contributed by atoms with Gasteiger partial charge in [-0.25, -0.2) is 0 Å². The maximum atomic E-state index is 7.51. The molecule has 0 amide bonds. The molecule has 12 rings (SSSR count). The van der Waals surface area contributed by atoms with Gasteiger partial charge in [0.2, 0.25) is 0 Å². The number of hydrogen-bond acceptors (Lipinski definition) is 1. The molecule has 1 heterocycles. The number of rotatable bonds is 4. The molecule has 0 saturated heterocycles. The first-order valence-electron chi connectivity index (χ1n) is 20.1. The lowest BCUT2D eigenvalue weighted by Gasteiger charge is -2.44. The highest BCUT2D eigenvalue weighted by Crippen LogP contribution is 2.62. The van der Waals surface area contributed by atoms with Crippen LogP contribution < -0.4 is 4.74 Å². The van der Waals surface area contributed by atoms with Crippen LogP contribution in [-0.2, 0) is 5.41 Å². The zero-order valence-electron chi connectivity index (χ0n) is 31.7. The highest BCUT2D eigenvalue weighted by molar-refractivity contribution is 6.18. The summed E-state index contributed by atoms with van der Waals surface area (Å²) in [6.07, 6.45) is 0. The van der Waals surface area contributed by atoms with Gasteiger partial charge in [-0.3, -0.25) is 0 Å². The molecule has 0 bridgehead atoms. The van der Waals surface area contributed by atoms with E-state index in [9.17, 15) is 0 Å². The van der Waals surface area contributed by atoms with Gasteiger partial charge < -0.3 is 4.74 Å². The van der Waals surface area contributed by atoms with Crippen LogP contribution in [-0.4, -0.2) is 0 Å². The molecule has 0 aliphatic carbocycles. The Morgan fingerprint density at radius 1 is 0.241 bits per heavy atom. The van der Waals surface area contributed by atoms with Crippen molar-refractivity contribution in [3.05, 3.63) is 241 Å². The van der Waals surface area contributed by atoms with Gasteiger partial charge in [0.15, 0.2) is 0 Å². The van der Waals surface area contributed by atoms with E-state index in [0.29, 0.717) is 0 Å². The molecule has 0 fully saturated rings. The van der Waals surface area contributed by atoms with Crippen molar-refractivity contribution in [2.75, 3.05) is 0 Å². The maximum Gasteiger partial charge on any atom is 0.140 e. The van der Waals surface area contributed by atoms with E-state index in [0.717, 1.165) is 22.3 Å². The summed E-state index contributed by atoms with van der Waals surface area (Å²) in [6, 6.07) is 80.0. The summed E-state index contributed by atoms with van der Waals surface area (Å²) in [6.45, 7) is 0. The van der Waals surface area contributed by atoms with Crippen LogP contribution in [0.5, 0.6) is 11.5 Å². The lowest BCUT2D eigenvalue weighted by Crippen LogP contribution is -2.35. The maximum absolute atomic E-state index is 7.51. The van der Waals surface area contributed by atoms with E-state index in [1.54, 1.807) is 0 Å². The van der Waals surface area contributed by atoms with E-state index in [4.69, 9.17) is 4.74 Å². The largest absolute Gasteiger partial charge is 0.455 e. The van der Waals surface area contributed by atoms with Crippen LogP contribution in [0.1, 0.15) is 22.3 Å². The second-order valence-electron chi connectivity index (χ2n) is 15.5. The van der Waals surface area contributed by atoms with Gasteiger partial charge >= 0.3 is 0 Å². The van der Waals surface area contributed by atoms with Crippen molar-refractivity contribution in [1.29, 1.82) is 0 Å². The summed E-state index contributed by atoms with van der Waals surface area (Å²) in [5.74, 6) is 1.83. The smallest absolute Gasteiger partial charge is 0.140 e. The monoisotopic (exact) mass is 736 g/mol. The Kier molecular flexibility index (Phi) is 7.21. The van der Waals surface area contributed by atoms with Gasteiger partial charge in [0.25, 0.3) is 0 Å². The van der Waals surface area contributed by atoms with Crippen LogP contribution >= 0.6 is 0 Å². The summed E-state index contributed by atoms with van der Waals surface area (Å²) in [4.78, 5) is 0. The summed E-state index contributed by atoms with van der Waals surface area (Å²) < 4.78 is 7.51. The normalized spacial score (nSPS) is 13.1. The van der Waals surface area contributed by atoms with Crippen molar-refractivity contribution >= 4 is 53.9 Å². The predicted octanol–water partition coefficient (Wildman–Crippen LogP) is 15.3. The highest BCUT2D eigenvalue weighted by atomic mass is 16.5. The molecule has 270 valence electrons. The molecule has 11 aromatic rings. The molecule has 0 saturated carbocycles. The van der Waals surface area contributed by atoms with Gasteiger partial charge in [-0.2, -0.15) is 0 Å². The molecule has 0 unspecified atom stereocenters. The fourth-order valence-electron chi connectivity index (χ4n) is 10.2. The van der Waals surface area contributed by atoms with Gasteiger partial charge in [0, 0.05) is 21.9 Å². The minimum Gasteiger partial charge on any atom is -0.455 e. The summed E-state index contributed by atoms with van der Waals surface area (Å²) >= 11 is 0. The molecule has 0 aromatic heterocycles. The molecule has 11 aromatic carbocycles. The van der Waals surface area contributed by atoms with Crippen LogP contribution in [0.4, 0.5) is 0 Å². The minimum absolute atomic E-state index is 0.755. The average molecular weight is 737 g/mol. The van der Waals surface area contributed by atoms with E-state index in [2.05, 4.69) is 218 Å². The lowest BCUT2D eigenvalue weighted by atomic mass is 9.61. The van der Waals surface area contributed by atoms with Crippen LogP contribution in [0.15, 0.2) is 218 Å². The van der Waals surface area contributed by atoms with E-state index in [-0.39, 0.29) is 0 Å². The van der Waals surface area contributed by atoms with Gasteiger partial charge in [-0.05, 0) is 76.5 Å². The van der Waals surface area contributed by atoms with Crippen molar-refractivity contribution in [3.8, 4) is 33.8 Å². The third-order valence-electron chi connectivity index (χ3n) is 12.6. The summed E-state index contributed by atoms with van der Waals surface area (Å²) in [7, 11) is 0. The molecule has 0 spiro atoms. The van der Waals surface area contributed by atoms with E-state index in [1.807, 2.05) is 0 Å². The first kappa shape index (κ1) is 32.7. The van der Waals surface area contributed by atoms with Crippen molar-refractivity contribution in [1.82, 2.24) is 0 Å². The molecular formula is C57H36O. The number of ether oxygens (including phenoxy) is 1. The van der Waals surface area contributed by atoms with Gasteiger partial charge in [-0.15, -0.1) is 0 Å². The Morgan fingerprint density at radius 3 is 1.03 bits per heavy atom. The fourth-order valence-corrected chi connectivity index (χ4v) is 10.2. The summed E-state index contributed by atoms with van der Waals surface area (Å²) in [5.41, 5.74) is 8.85. The molecule has 1 aliphatic rings. The van der Waals surface area contributed by atoms with Crippen LogP contribution in [0.2, 0.25) is 0 Å². The second-order valence-corrected chi connectivity index (χ2v) is 15.5. The third kappa shape index (κ3) is 4.59. The Labute approximate surface area is 337 Å². The van der Waals surface area contributed by atoms with Crippen molar-refractivity contribution in [3.63, 3.8) is 0 Å². The molecule has 0 radical (unpaired) electrons. The van der Waals surface area contributed by atoms with Gasteiger partial charge in [0.05, 0.1) is 5.41 Å². The first-order valence-corrected chi connectivity index (χ1v) is 20.1. The van der Waals surface area contributed by atoms with E-state index < -0.39 is 5.41 Å². The quantitative estimate of drug-likeness (QED) is 0.164. The number of hydrogen-bond donors (Lipinski definition) is 0. The average Bonchev–Trinajstić information content (AvgIpc) is 3.31. The van der Waals surface area contributed by atoms with Gasteiger partial charge in [-0.1, -0.05) is 218 Å². The number of fused-ring (bicyclic) bond motifs is 13. The zero-order valence-corrected chi connectivity index (χ0v) is 31.7. The van der Waals surface area contributed by atoms with Crippen molar-refractivity contribution in [2.24, 2.45) is 0 Å². The standard InChI is InChI=1S/C57H36O/c1-3-17-37(18-4-1)41-35-36-42(44-22-8-7-21-43(41)44)38-31-33-40(34-32-38)57(39-19-5-2-6-20-39)53-49-27-13-9-23-45(49)47-25-11-15-29-51(47)55(53)58-56-52-30-16-12-26-48(52)46-24-10-14-28-50(46)54(56)57/h1-36H. The van der Waals surface area contributed by atoms with Crippen LogP contribution in [0.25, 0.3) is 76.1 Å². The Morgan fingerprint density at radius 2 is 0.569 bits per heavy atom. The fraction of sp³-hybridized carbons (Fsp3) is 0.0175. The SMILES string of the molecule is c1ccc(-c2ccc(-c3ccc(C4(c5ccccc5)c5c(c6ccccc6c6ccccc56)Oc5c4c4ccccc4c4ccccc54)cc3)c3ccccc23)cc1. The Balaban J connectivity index is 1.22. The molecule has 1 nitrogen and oxygen atoms in total. The van der Waals surface area contributed by atoms with E-state index >= 15 is 0 Å². The Hall–Kier alpha value is -7.48. The first-order chi connectivity index (χ1) is 28.8. The zero-order chi connectivity index (χ0) is 38.2. The molecule has 0 atom stereocenters. The van der Waals surface area contributed by atoms with E-state index in [1.165, 1.54) is 87.6 Å². The second kappa shape index (κ2) is 12.8. The van der Waals surface area contributed by atoms with Crippen LogP contribution in [0.3, 0.4) is 0 Å². The predicted molar refractivity (Wildman–Crippen MR) is 243 cm³/mol. The van der Waals surface area contributed by atoms with Crippen molar-refractivity contribution < 1.29 is 4.74 Å². The topological polar surface area (TPSA) is 9.23 Å². The molecular weight excluding hydrogens is 701 g/mol. The third-order valence-corrected chi connectivity index (χ3v) is 12.6. The van der Waals surface area contributed by atoms with Gasteiger partial charge in [0.1, 0.15) is 11.5 Å². The minimum atomic E-state index is -0.755. The molecule has 1 aliphatic heterocycles. The lowest BCUT2D eigenvalue weighted by molar-refractivity contribution is 0.449. The molecule has 0 N–H and O–H groups in total. The Bertz CT molecular complexity index is 3270. The molecule has 58 heavy (non-hydrogen) atoms. The number of benzene rings is 11. The molecule has 1 heteroatoms. The summed E-state index contributed by atoms with van der Waals surface area (Å²) in [5, 5.41) is 11.9.